The average Bonchev–Trinajstić information content (AvgIpc) is 2.65. The first-order valence-corrected chi connectivity index (χ1v) is 8.24. The predicted octanol–water partition coefficient (Wildman–Crippen LogP) is 4.44. The Kier molecular flexibility index (Phi) is 5.34. The van der Waals surface area contributed by atoms with Crippen LogP contribution in [0.5, 0.6) is 5.75 Å². The van der Waals surface area contributed by atoms with Crippen molar-refractivity contribution in [2.24, 2.45) is 0 Å². The molecule has 0 saturated heterocycles. The number of halogens is 1. The van der Waals surface area contributed by atoms with Crippen molar-refractivity contribution in [3.8, 4) is 5.75 Å². The molecule has 0 fully saturated rings. The van der Waals surface area contributed by atoms with Crippen LogP contribution in [0.4, 0.5) is 17.2 Å². The van der Waals surface area contributed by atoms with Gasteiger partial charge in [0.15, 0.2) is 0 Å². The fraction of sp³-hybridized carbons (Fsp3) is 0.105. The minimum Gasteiger partial charge on any atom is -0.495 e. The zero-order valence-corrected chi connectivity index (χ0v) is 15.0. The van der Waals surface area contributed by atoms with Gasteiger partial charge in [0.25, 0.3) is 5.91 Å². The van der Waals surface area contributed by atoms with E-state index >= 15 is 0 Å². The molecule has 6 nitrogen and oxygen atoms in total. The summed E-state index contributed by atoms with van der Waals surface area (Å²) in [5.41, 5.74) is 2.62. The van der Waals surface area contributed by atoms with Gasteiger partial charge in [0, 0.05) is 16.8 Å². The normalized spacial score (nSPS) is 10.3. The van der Waals surface area contributed by atoms with Crippen molar-refractivity contribution in [1.29, 1.82) is 0 Å². The summed E-state index contributed by atoms with van der Waals surface area (Å²) in [6.45, 7) is 1.95. The van der Waals surface area contributed by atoms with Crippen molar-refractivity contribution >= 4 is 34.7 Å². The van der Waals surface area contributed by atoms with Crippen LogP contribution < -0.4 is 15.4 Å². The number of ether oxygens (including phenoxy) is 1. The summed E-state index contributed by atoms with van der Waals surface area (Å²) in [4.78, 5) is 20.7. The second kappa shape index (κ2) is 7.84. The Hall–Kier alpha value is -3.12. The summed E-state index contributed by atoms with van der Waals surface area (Å²) in [6.07, 6.45) is 1.33. The molecule has 0 unspecified atom stereocenters. The van der Waals surface area contributed by atoms with E-state index < -0.39 is 0 Å². The highest BCUT2D eigenvalue weighted by Gasteiger charge is 2.12. The summed E-state index contributed by atoms with van der Waals surface area (Å²) >= 11 is 6.03. The van der Waals surface area contributed by atoms with Gasteiger partial charge in [-0.25, -0.2) is 9.97 Å². The monoisotopic (exact) mass is 368 g/mol. The number of amides is 1. The Morgan fingerprint density at radius 1 is 1.08 bits per heavy atom. The number of aromatic nitrogens is 2. The first-order valence-electron chi connectivity index (χ1n) is 7.86. The lowest BCUT2D eigenvalue weighted by Crippen LogP contribution is -2.15. The van der Waals surface area contributed by atoms with Gasteiger partial charge in [-0.2, -0.15) is 0 Å². The van der Waals surface area contributed by atoms with Crippen LogP contribution in [-0.4, -0.2) is 23.0 Å². The van der Waals surface area contributed by atoms with E-state index in [1.165, 1.54) is 6.33 Å². The molecular formula is C19H17ClN4O2. The highest BCUT2D eigenvalue weighted by atomic mass is 35.5. The Bertz CT molecular complexity index is 946. The van der Waals surface area contributed by atoms with Gasteiger partial charge in [-0.15, -0.1) is 0 Å². The van der Waals surface area contributed by atoms with E-state index in [2.05, 4.69) is 20.6 Å². The Balaban J connectivity index is 1.80. The van der Waals surface area contributed by atoms with Crippen LogP contribution in [0.1, 0.15) is 16.1 Å². The number of nitrogens with zero attached hydrogens (tertiary/aromatic N) is 2. The Morgan fingerprint density at radius 2 is 1.88 bits per heavy atom. The molecule has 1 amide bonds. The minimum absolute atomic E-state index is 0.230. The molecule has 3 rings (SSSR count). The fourth-order valence-corrected chi connectivity index (χ4v) is 2.52. The van der Waals surface area contributed by atoms with Crippen LogP contribution in [0.25, 0.3) is 0 Å². The number of hydrogen-bond acceptors (Lipinski definition) is 5. The van der Waals surface area contributed by atoms with Crippen LogP contribution in [-0.2, 0) is 0 Å². The maximum absolute atomic E-state index is 12.5. The molecule has 2 aromatic carbocycles. The molecule has 2 N–H and O–H groups in total. The summed E-state index contributed by atoms with van der Waals surface area (Å²) in [5, 5.41) is 6.55. The number of hydrogen-bond donors (Lipinski definition) is 2. The van der Waals surface area contributed by atoms with E-state index in [-0.39, 0.29) is 11.6 Å². The third-order valence-electron chi connectivity index (χ3n) is 3.72. The SMILES string of the molecule is COc1ccccc1NC(=O)c1cc(Nc2cc(Cl)ccc2C)ncn1. The van der Waals surface area contributed by atoms with Crippen LogP contribution >= 0.6 is 11.6 Å². The van der Waals surface area contributed by atoms with Crippen LogP contribution in [0.15, 0.2) is 54.9 Å². The minimum atomic E-state index is -0.359. The lowest BCUT2D eigenvalue weighted by molar-refractivity contribution is 0.102. The molecule has 0 atom stereocenters. The lowest BCUT2D eigenvalue weighted by atomic mass is 10.2. The molecule has 0 spiro atoms. The topological polar surface area (TPSA) is 76.1 Å². The number of rotatable bonds is 5. The van der Waals surface area contributed by atoms with Crippen molar-refractivity contribution in [2.45, 2.75) is 6.92 Å². The largest absolute Gasteiger partial charge is 0.495 e. The van der Waals surface area contributed by atoms with Gasteiger partial charge in [0.1, 0.15) is 23.6 Å². The summed E-state index contributed by atoms with van der Waals surface area (Å²) < 4.78 is 5.24. The maximum Gasteiger partial charge on any atom is 0.274 e. The second-order valence-corrected chi connectivity index (χ2v) is 5.96. The second-order valence-electron chi connectivity index (χ2n) is 5.53. The summed E-state index contributed by atoms with van der Waals surface area (Å²) in [7, 11) is 1.55. The van der Waals surface area contributed by atoms with Crippen LogP contribution in [0.2, 0.25) is 5.02 Å². The van der Waals surface area contributed by atoms with E-state index in [9.17, 15) is 4.79 Å². The molecule has 7 heteroatoms. The number of anilines is 3. The first-order chi connectivity index (χ1) is 12.6. The number of methoxy groups -OCH3 is 1. The smallest absolute Gasteiger partial charge is 0.274 e. The highest BCUT2D eigenvalue weighted by Crippen LogP contribution is 2.25. The van der Waals surface area contributed by atoms with E-state index in [4.69, 9.17) is 16.3 Å². The lowest BCUT2D eigenvalue weighted by Gasteiger charge is -2.11. The molecule has 0 aliphatic carbocycles. The third-order valence-corrected chi connectivity index (χ3v) is 3.95. The predicted molar refractivity (Wildman–Crippen MR) is 102 cm³/mol. The van der Waals surface area contributed by atoms with Crippen molar-refractivity contribution in [3.05, 3.63) is 71.1 Å². The number of carbonyl (C=O) groups excluding carboxylic acids is 1. The molecule has 0 bridgehead atoms. The molecule has 1 aromatic heterocycles. The third kappa shape index (κ3) is 4.10. The highest BCUT2D eigenvalue weighted by molar-refractivity contribution is 6.30. The molecule has 0 saturated carbocycles. The van der Waals surface area contributed by atoms with Crippen molar-refractivity contribution in [3.63, 3.8) is 0 Å². The van der Waals surface area contributed by atoms with Crippen LogP contribution in [0, 0.1) is 6.92 Å². The zero-order chi connectivity index (χ0) is 18.5. The first kappa shape index (κ1) is 17.7. The van der Waals surface area contributed by atoms with Crippen molar-refractivity contribution < 1.29 is 9.53 Å². The summed E-state index contributed by atoms with van der Waals surface area (Å²) in [5.74, 6) is 0.709. The van der Waals surface area contributed by atoms with E-state index in [0.717, 1.165) is 11.3 Å². The zero-order valence-electron chi connectivity index (χ0n) is 14.3. The van der Waals surface area contributed by atoms with E-state index in [0.29, 0.717) is 22.3 Å². The fourth-order valence-electron chi connectivity index (χ4n) is 2.35. The average molecular weight is 369 g/mol. The Labute approximate surface area is 156 Å². The Morgan fingerprint density at radius 3 is 2.69 bits per heavy atom. The van der Waals surface area contributed by atoms with Gasteiger partial charge in [-0.05, 0) is 36.8 Å². The molecule has 1 heterocycles. The number of benzene rings is 2. The standard InChI is InChI=1S/C19H17ClN4O2/c1-12-7-8-13(20)9-15(12)23-18-10-16(21-11-22-18)19(25)24-14-5-3-4-6-17(14)26-2/h3-11H,1-2H3,(H,24,25)(H,21,22,23). The maximum atomic E-state index is 12.5. The molecule has 0 aliphatic rings. The number of para-hydroxylation sites is 2. The molecular weight excluding hydrogens is 352 g/mol. The van der Waals surface area contributed by atoms with Crippen molar-refractivity contribution in [1.82, 2.24) is 9.97 Å². The molecule has 0 radical (unpaired) electrons. The van der Waals surface area contributed by atoms with Gasteiger partial charge in [-0.1, -0.05) is 29.8 Å². The van der Waals surface area contributed by atoms with Crippen LogP contribution in [0.3, 0.4) is 0 Å². The number of nitrogens with one attached hydrogen (secondary N) is 2. The molecule has 0 aliphatic heterocycles. The molecule has 26 heavy (non-hydrogen) atoms. The van der Waals surface area contributed by atoms with E-state index in [1.807, 2.05) is 31.2 Å². The number of aryl methyl sites for hydroxylation is 1. The van der Waals surface area contributed by atoms with Crippen molar-refractivity contribution in [2.75, 3.05) is 17.7 Å². The van der Waals surface area contributed by atoms with Gasteiger partial charge in [0.05, 0.1) is 12.8 Å². The quantitative estimate of drug-likeness (QED) is 0.696. The number of carbonyl (C=O) groups is 1. The van der Waals surface area contributed by atoms with Gasteiger partial charge >= 0.3 is 0 Å². The van der Waals surface area contributed by atoms with Gasteiger partial charge < -0.3 is 15.4 Å². The van der Waals surface area contributed by atoms with E-state index in [1.54, 1.807) is 31.4 Å². The molecule has 132 valence electrons. The molecule has 3 aromatic rings. The summed E-state index contributed by atoms with van der Waals surface area (Å²) in [6, 6.07) is 14.3. The van der Waals surface area contributed by atoms with Gasteiger partial charge in [-0.3, -0.25) is 4.79 Å². The van der Waals surface area contributed by atoms with Gasteiger partial charge in [0.2, 0.25) is 0 Å².